The van der Waals surface area contributed by atoms with E-state index in [0.29, 0.717) is 12.1 Å². The summed E-state index contributed by atoms with van der Waals surface area (Å²) in [5.74, 6) is 0. The summed E-state index contributed by atoms with van der Waals surface area (Å²) < 4.78 is 37.3. The number of benzene rings is 1. The van der Waals surface area contributed by atoms with Gasteiger partial charge in [0.1, 0.15) is 0 Å². The lowest BCUT2D eigenvalue weighted by atomic mass is 10.1. The molecule has 0 saturated carbocycles. The number of thiophene rings is 1. The van der Waals surface area contributed by atoms with Gasteiger partial charge in [-0.05, 0) is 29.1 Å². The van der Waals surface area contributed by atoms with Crippen LogP contribution in [0.3, 0.4) is 0 Å². The predicted molar refractivity (Wildman–Crippen MR) is 81.0 cm³/mol. The first-order valence-electron chi connectivity index (χ1n) is 6.75. The average Bonchev–Trinajstić information content (AvgIpc) is 3.03. The molecule has 4 nitrogen and oxygen atoms in total. The Morgan fingerprint density at radius 3 is 2.43 bits per heavy atom. The molecule has 0 saturated heterocycles. The topological polar surface area (TPSA) is 61.4 Å². The predicted octanol–water partition coefficient (Wildman–Crippen LogP) is 3.30. The molecule has 0 fully saturated rings. The van der Waals surface area contributed by atoms with Crippen LogP contribution >= 0.6 is 11.3 Å². The number of hydrogen-bond acceptors (Lipinski definition) is 3. The summed E-state index contributed by atoms with van der Waals surface area (Å²) in [6.45, 7) is 0.279. The molecule has 1 aromatic carbocycles. The summed E-state index contributed by atoms with van der Waals surface area (Å²) in [7, 11) is 0. The monoisotopic (exact) mass is 344 g/mol. The lowest BCUT2D eigenvalue weighted by Gasteiger charge is -2.14. The minimum atomic E-state index is -4.41. The number of halogens is 3. The van der Waals surface area contributed by atoms with Gasteiger partial charge in [0.25, 0.3) is 0 Å². The molecule has 3 N–H and O–H groups in total. The Bertz CT molecular complexity index is 627. The van der Waals surface area contributed by atoms with Crippen LogP contribution < -0.4 is 10.6 Å². The van der Waals surface area contributed by atoms with Gasteiger partial charge in [0.2, 0.25) is 0 Å². The molecule has 124 valence electrons. The van der Waals surface area contributed by atoms with Crippen LogP contribution in [-0.4, -0.2) is 17.7 Å². The van der Waals surface area contributed by atoms with Gasteiger partial charge in [-0.3, -0.25) is 0 Å². The normalized spacial score (nSPS) is 12.7. The third-order valence-corrected chi connectivity index (χ3v) is 3.96. The summed E-state index contributed by atoms with van der Waals surface area (Å²) in [4.78, 5) is 12.6. The number of carbonyl (C=O) groups excluding carboxylic acids is 1. The maximum absolute atomic E-state index is 12.4. The molecule has 0 radical (unpaired) electrons. The van der Waals surface area contributed by atoms with Crippen LogP contribution in [0.2, 0.25) is 0 Å². The molecule has 2 amide bonds. The number of alkyl halides is 3. The number of rotatable bonds is 5. The number of aliphatic hydroxyl groups is 1. The highest BCUT2D eigenvalue weighted by Gasteiger charge is 2.30. The molecule has 2 rings (SSSR count). The number of amides is 2. The van der Waals surface area contributed by atoms with E-state index in [0.717, 1.165) is 17.0 Å². The van der Waals surface area contributed by atoms with Gasteiger partial charge in [-0.1, -0.05) is 18.2 Å². The van der Waals surface area contributed by atoms with Gasteiger partial charge in [0.15, 0.2) is 0 Å². The largest absolute Gasteiger partial charge is 0.416 e. The first-order chi connectivity index (χ1) is 10.9. The summed E-state index contributed by atoms with van der Waals surface area (Å²) in [5.41, 5.74) is -0.480. The van der Waals surface area contributed by atoms with Gasteiger partial charge in [0, 0.05) is 11.4 Å². The van der Waals surface area contributed by atoms with E-state index in [1.807, 2.05) is 17.5 Å². The molecule has 2 aromatic rings. The van der Waals surface area contributed by atoms with Crippen molar-refractivity contribution in [2.24, 2.45) is 0 Å². The molecule has 23 heavy (non-hydrogen) atoms. The maximum atomic E-state index is 12.4. The Morgan fingerprint density at radius 1 is 1.17 bits per heavy atom. The van der Waals surface area contributed by atoms with E-state index in [1.165, 1.54) is 23.5 Å². The van der Waals surface area contributed by atoms with Crippen molar-refractivity contribution >= 4 is 17.4 Å². The van der Waals surface area contributed by atoms with Crippen molar-refractivity contribution in [1.82, 2.24) is 10.6 Å². The van der Waals surface area contributed by atoms with Crippen molar-refractivity contribution in [2.75, 3.05) is 6.54 Å². The average molecular weight is 344 g/mol. The third kappa shape index (κ3) is 5.26. The molecule has 0 aliphatic heterocycles. The summed E-state index contributed by atoms with van der Waals surface area (Å²) in [6, 6.07) is 7.47. The Morgan fingerprint density at radius 2 is 1.87 bits per heavy atom. The second-order valence-corrected chi connectivity index (χ2v) is 5.81. The molecule has 1 heterocycles. The fraction of sp³-hybridized carbons (Fsp3) is 0.267. The zero-order chi connectivity index (χ0) is 16.9. The maximum Gasteiger partial charge on any atom is 0.416 e. The van der Waals surface area contributed by atoms with Crippen molar-refractivity contribution in [3.63, 3.8) is 0 Å². The lowest BCUT2D eigenvalue weighted by molar-refractivity contribution is -0.137. The van der Waals surface area contributed by atoms with Crippen LogP contribution in [0.25, 0.3) is 0 Å². The third-order valence-electron chi connectivity index (χ3n) is 3.08. The molecule has 0 aliphatic rings. The van der Waals surface area contributed by atoms with E-state index in [-0.39, 0.29) is 6.54 Å². The van der Waals surface area contributed by atoms with Gasteiger partial charge >= 0.3 is 12.2 Å². The van der Waals surface area contributed by atoms with E-state index in [9.17, 15) is 23.1 Å². The molecular formula is C15H15F3N2O2S. The van der Waals surface area contributed by atoms with Crippen LogP contribution in [0, 0.1) is 0 Å². The van der Waals surface area contributed by atoms with Gasteiger partial charge in [-0.2, -0.15) is 13.2 Å². The van der Waals surface area contributed by atoms with Crippen molar-refractivity contribution in [2.45, 2.75) is 18.8 Å². The van der Waals surface area contributed by atoms with Crippen LogP contribution in [0.1, 0.15) is 22.1 Å². The fourth-order valence-electron chi connectivity index (χ4n) is 1.84. The minimum Gasteiger partial charge on any atom is -0.387 e. The van der Waals surface area contributed by atoms with Gasteiger partial charge in [0.05, 0.1) is 18.2 Å². The first kappa shape index (κ1) is 17.3. The minimum absolute atomic E-state index is 0.0956. The highest BCUT2D eigenvalue weighted by atomic mass is 32.1. The van der Waals surface area contributed by atoms with E-state index in [2.05, 4.69) is 10.6 Å². The van der Waals surface area contributed by atoms with Crippen molar-refractivity contribution in [3.8, 4) is 0 Å². The van der Waals surface area contributed by atoms with Crippen molar-refractivity contribution < 1.29 is 23.1 Å². The van der Waals surface area contributed by atoms with Gasteiger partial charge in [-0.15, -0.1) is 11.3 Å². The molecule has 1 unspecified atom stereocenters. The van der Waals surface area contributed by atoms with E-state index >= 15 is 0 Å². The molecule has 0 bridgehead atoms. The summed E-state index contributed by atoms with van der Waals surface area (Å²) in [5, 5.41) is 16.9. The van der Waals surface area contributed by atoms with E-state index in [1.54, 1.807) is 0 Å². The highest BCUT2D eigenvalue weighted by Crippen LogP contribution is 2.29. The molecule has 8 heteroatoms. The van der Waals surface area contributed by atoms with Crippen molar-refractivity contribution in [1.29, 1.82) is 0 Å². The fourth-order valence-corrected chi connectivity index (χ4v) is 2.49. The second kappa shape index (κ2) is 7.47. The number of nitrogens with one attached hydrogen (secondary N) is 2. The van der Waals surface area contributed by atoms with Crippen LogP contribution in [0.4, 0.5) is 18.0 Å². The van der Waals surface area contributed by atoms with Gasteiger partial charge in [-0.25, -0.2) is 4.79 Å². The zero-order valence-corrected chi connectivity index (χ0v) is 12.7. The van der Waals surface area contributed by atoms with Crippen molar-refractivity contribution in [3.05, 3.63) is 57.8 Å². The quantitative estimate of drug-likeness (QED) is 0.779. The van der Waals surface area contributed by atoms with Crippen LogP contribution in [-0.2, 0) is 12.7 Å². The molecule has 1 aromatic heterocycles. The number of hydrogen-bond donors (Lipinski definition) is 3. The second-order valence-electron chi connectivity index (χ2n) is 4.78. The molecule has 0 spiro atoms. The molecule has 0 aliphatic carbocycles. The lowest BCUT2D eigenvalue weighted by Crippen LogP contribution is -2.37. The van der Waals surface area contributed by atoms with Crippen LogP contribution in [0.5, 0.6) is 0 Å². The van der Waals surface area contributed by atoms with E-state index < -0.39 is 23.9 Å². The standard InChI is InChI=1S/C15H15F3N2O2S/c16-15(17,18)11-5-3-10(4-6-11)13(21)9-20-14(22)19-8-12-2-1-7-23-12/h1-7,13,21H,8-9H2,(H2,19,20,22). The number of carbonyl (C=O) groups is 1. The first-order valence-corrected chi connectivity index (χ1v) is 7.63. The number of urea groups is 1. The summed E-state index contributed by atoms with van der Waals surface area (Å²) >= 11 is 1.51. The smallest absolute Gasteiger partial charge is 0.387 e. The van der Waals surface area contributed by atoms with E-state index in [4.69, 9.17) is 0 Å². The Hall–Kier alpha value is -2.06. The Balaban J connectivity index is 1.79. The molecular weight excluding hydrogens is 329 g/mol. The highest BCUT2D eigenvalue weighted by molar-refractivity contribution is 7.09. The molecule has 1 atom stereocenters. The Kier molecular flexibility index (Phi) is 5.62. The number of aliphatic hydroxyl groups excluding tert-OH is 1. The zero-order valence-electron chi connectivity index (χ0n) is 11.9. The Labute approximate surface area is 135 Å². The van der Waals surface area contributed by atoms with Gasteiger partial charge < -0.3 is 15.7 Å². The summed E-state index contributed by atoms with van der Waals surface area (Å²) in [6.07, 6.45) is -5.49. The SMILES string of the molecule is O=C(NCc1cccs1)NCC(O)c1ccc(C(F)(F)F)cc1. The van der Waals surface area contributed by atoms with Crippen LogP contribution in [0.15, 0.2) is 41.8 Å².